The number of para-hydroxylation sites is 2. The molecule has 2 aromatic rings. The quantitative estimate of drug-likeness (QED) is 0.847. The minimum atomic E-state index is -0.146. The Labute approximate surface area is 159 Å². The Balaban J connectivity index is 1.61. The zero-order valence-electron chi connectivity index (χ0n) is 15.8. The van der Waals surface area contributed by atoms with E-state index in [2.05, 4.69) is 5.32 Å². The maximum absolute atomic E-state index is 12.4. The van der Waals surface area contributed by atoms with Crippen LogP contribution >= 0.6 is 0 Å². The standard InChI is InChI=1S/C21H24N2O4/c1-14(2)27-16-8-9-17(15(3)12-16)22-20(24)10-11-23-18-6-4-5-7-19(18)26-13-21(23)25/h4-9,12,14H,10-11,13H2,1-3H3,(H,22,24). The van der Waals surface area contributed by atoms with Crippen molar-refractivity contribution < 1.29 is 19.1 Å². The lowest BCUT2D eigenvalue weighted by atomic mass is 10.1. The number of amides is 2. The van der Waals surface area contributed by atoms with Crippen LogP contribution in [0.25, 0.3) is 0 Å². The van der Waals surface area contributed by atoms with Gasteiger partial charge in [-0.2, -0.15) is 0 Å². The molecule has 0 unspecified atom stereocenters. The number of ether oxygens (including phenoxy) is 2. The first-order valence-electron chi connectivity index (χ1n) is 9.03. The van der Waals surface area contributed by atoms with E-state index in [1.807, 2.05) is 63.2 Å². The molecule has 6 nitrogen and oxygen atoms in total. The Hall–Kier alpha value is -3.02. The summed E-state index contributed by atoms with van der Waals surface area (Å²) in [6.45, 7) is 6.16. The van der Waals surface area contributed by atoms with E-state index in [4.69, 9.17) is 9.47 Å². The molecule has 0 saturated carbocycles. The summed E-state index contributed by atoms with van der Waals surface area (Å²) in [5, 5.41) is 2.91. The lowest BCUT2D eigenvalue weighted by molar-refractivity contribution is -0.121. The van der Waals surface area contributed by atoms with E-state index in [1.54, 1.807) is 4.90 Å². The molecule has 2 aromatic carbocycles. The average molecular weight is 368 g/mol. The molecule has 0 saturated heterocycles. The van der Waals surface area contributed by atoms with Gasteiger partial charge in [-0.05, 0) is 56.7 Å². The third kappa shape index (κ3) is 4.58. The highest BCUT2D eigenvalue weighted by Crippen LogP contribution is 2.31. The van der Waals surface area contributed by atoms with Crippen LogP contribution in [0, 0.1) is 6.92 Å². The Morgan fingerprint density at radius 3 is 2.78 bits per heavy atom. The molecule has 6 heteroatoms. The van der Waals surface area contributed by atoms with E-state index in [9.17, 15) is 9.59 Å². The van der Waals surface area contributed by atoms with E-state index in [0.717, 1.165) is 17.0 Å². The molecule has 0 atom stereocenters. The van der Waals surface area contributed by atoms with Crippen LogP contribution in [-0.4, -0.2) is 31.1 Å². The van der Waals surface area contributed by atoms with E-state index < -0.39 is 0 Å². The number of benzene rings is 2. The van der Waals surface area contributed by atoms with Crippen molar-refractivity contribution in [3.05, 3.63) is 48.0 Å². The number of rotatable bonds is 6. The van der Waals surface area contributed by atoms with Gasteiger partial charge in [-0.1, -0.05) is 12.1 Å². The van der Waals surface area contributed by atoms with Gasteiger partial charge in [-0.3, -0.25) is 9.59 Å². The second-order valence-electron chi connectivity index (χ2n) is 6.74. The van der Waals surface area contributed by atoms with Crippen molar-refractivity contribution in [3.8, 4) is 11.5 Å². The topological polar surface area (TPSA) is 67.9 Å². The zero-order valence-corrected chi connectivity index (χ0v) is 15.8. The minimum absolute atomic E-state index is 0.00491. The van der Waals surface area contributed by atoms with Gasteiger partial charge in [0.15, 0.2) is 6.61 Å². The number of carbonyl (C=O) groups is 2. The van der Waals surface area contributed by atoms with Crippen molar-refractivity contribution in [3.63, 3.8) is 0 Å². The molecule has 0 bridgehead atoms. The number of carbonyl (C=O) groups excluding carboxylic acids is 2. The van der Waals surface area contributed by atoms with Gasteiger partial charge in [0.2, 0.25) is 5.91 Å². The monoisotopic (exact) mass is 368 g/mol. The van der Waals surface area contributed by atoms with Crippen LogP contribution in [0.2, 0.25) is 0 Å². The van der Waals surface area contributed by atoms with Crippen LogP contribution in [-0.2, 0) is 9.59 Å². The molecule has 3 rings (SSSR count). The normalized spacial score (nSPS) is 13.2. The molecule has 1 N–H and O–H groups in total. The molecule has 0 spiro atoms. The van der Waals surface area contributed by atoms with Crippen molar-refractivity contribution in [1.29, 1.82) is 0 Å². The molecular formula is C21H24N2O4. The lowest BCUT2D eigenvalue weighted by Gasteiger charge is -2.29. The second-order valence-corrected chi connectivity index (χ2v) is 6.74. The molecule has 1 aliphatic heterocycles. The van der Waals surface area contributed by atoms with Gasteiger partial charge in [0.1, 0.15) is 11.5 Å². The van der Waals surface area contributed by atoms with E-state index in [1.165, 1.54) is 0 Å². The Kier molecular flexibility index (Phi) is 5.64. The minimum Gasteiger partial charge on any atom is -0.491 e. The fourth-order valence-corrected chi connectivity index (χ4v) is 2.95. The highest BCUT2D eigenvalue weighted by atomic mass is 16.5. The van der Waals surface area contributed by atoms with Crippen LogP contribution in [0.15, 0.2) is 42.5 Å². The highest BCUT2D eigenvalue weighted by molar-refractivity contribution is 5.99. The first kappa shape index (κ1) is 18.8. The average Bonchev–Trinajstić information content (AvgIpc) is 2.62. The van der Waals surface area contributed by atoms with Gasteiger partial charge in [-0.15, -0.1) is 0 Å². The zero-order chi connectivity index (χ0) is 19.4. The van der Waals surface area contributed by atoms with Gasteiger partial charge in [0.05, 0.1) is 11.8 Å². The van der Waals surface area contributed by atoms with Crippen LogP contribution < -0.4 is 19.7 Å². The molecule has 1 aliphatic rings. The number of hydrogen-bond donors (Lipinski definition) is 1. The molecule has 0 aromatic heterocycles. The summed E-state index contributed by atoms with van der Waals surface area (Å²) in [5.41, 5.74) is 2.37. The second kappa shape index (κ2) is 8.12. The summed E-state index contributed by atoms with van der Waals surface area (Å²) in [6.07, 6.45) is 0.294. The molecule has 1 heterocycles. The molecule has 0 fully saturated rings. The molecule has 0 aliphatic carbocycles. The van der Waals surface area contributed by atoms with Gasteiger partial charge in [0, 0.05) is 18.7 Å². The predicted molar refractivity (Wildman–Crippen MR) is 104 cm³/mol. The fraction of sp³-hybridized carbons (Fsp3) is 0.333. The van der Waals surface area contributed by atoms with Crippen molar-refractivity contribution in [1.82, 2.24) is 0 Å². The smallest absolute Gasteiger partial charge is 0.265 e. The largest absolute Gasteiger partial charge is 0.491 e. The van der Waals surface area contributed by atoms with Crippen LogP contribution in [0.5, 0.6) is 11.5 Å². The third-order valence-electron chi connectivity index (χ3n) is 4.21. The van der Waals surface area contributed by atoms with Gasteiger partial charge in [0.25, 0.3) is 5.91 Å². The maximum Gasteiger partial charge on any atom is 0.265 e. The first-order valence-corrected chi connectivity index (χ1v) is 9.03. The SMILES string of the molecule is Cc1cc(OC(C)C)ccc1NC(=O)CCN1C(=O)COc2ccccc21. The molecule has 27 heavy (non-hydrogen) atoms. The maximum atomic E-state index is 12.4. The number of anilines is 2. The predicted octanol–water partition coefficient (Wildman–Crippen LogP) is 3.54. The molecule has 0 radical (unpaired) electrons. The third-order valence-corrected chi connectivity index (χ3v) is 4.21. The summed E-state index contributed by atoms with van der Waals surface area (Å²) >= 11 is 0. The summed E-state index contributed by atoms with van der Waals surface area (Å²) in [4.78, 5) is 26.1. The van der Waals surface area contributed by atoms with E-state index >= 15 is 0 Å². The van der Waals surface area contributed by atoms with Crippen molar-refractivity contribution in [2.24, 2.45) is 0 Å². The Bertz CT molecular complexity index is 848. The fourth-order valence-electron chi connectivity index (χ4n) is 2.95. The molecule has 2 amide bonds. The van der Waals surface area contributed by atoms with Gasteiger partial charge < -0.3 is 19.7 Å². The Morgan fingerprint density at radius 1 is 1.26 bits per heavy atom. The summed E-state index contributed by atoms with van der Waals surface area (Å²) < 4.78 is 11.1. The van der Waals surface area contributed by atoms with E-state index in [-0.39, 0.29) is 30.9 Å². The summed E-state index contributed by atoms with van der Waals surface area (Å²) in [5.74, 6) is 1.14. The van der Waals surface area contributed by atoms with Gasteiger partial charge in [-0.25, -0.2) is 0 Å². The number of fused-ring (bicyclic) bond motifs is 1. The van der Waals surface area contributed by atoms with Crippen molar-refractivity contribution in [2.75, 3.05) is 23.4 Å². The lowest BCUT2D eigenvalue weighted by Crippen LogP contribution is -2.40. The Morgan fingerprint density at radius 2 is 2.04 bits per heavy atom. The first-order chi connectivity index (χ1) is 12.9. The number of nitrogens with one attached hydrogen (secondary N) is 1. The summed E-state index contributed by atoms with van der Waals surface area (Å²) in [7, 11) is 0. The number of aryl methyl sites for hydroxylation is 1. The van der Waals surface area contributed by atoms with Crippen LogP contribution in [0.1, 0.15) is 25.8 Å². The summed E-state index contributed by atoms with van der Waals surface area (Å²) in [6, 6.07) is 12.9. The van der Waals surface area contributed by atoms with Crippen molar-refractivity contribution >= 4 is 23.2 Å². The van der Waals surface area contributed by atoms with Crippen LogP contribution in [0.4, 0.5) is 11.4 Å². The molecule has 142 valence electrons. The van der Waals surface area contributed by atoms with Crippen LogP contribution in [0.3, 0.4) is 0 Å². The van der Waals surface area contributed by atoms with E-state index in [0.29, 0.717) is 18.0 Å². The highest BCUT2D eigenvalue weighted by Gasteiger charge is 2.25. The van der Waals surface area contributed by atoms with Gasteiger partial charge >= 0.3 is 0 Å². The number of nitrogens with zero attached hydrogens (tertiary/aromatic N) is 1. The molecular weight excluding hydrogens is 344 g/mol. The number of hydrogen-bond acceptors (Lipinski definition) is 4. The van der Waals surface area contributed by atoms with Crippen molar-refractivity contribution in [2.45, 2.75) is 33.3 Å².